The summed E-state index contributed by atoms with van der Waals surface area (Å²) in [6, 6.07) is 0. The predicted molar refractivity (Wildman–Crippen MR) is 56.7 cm³/mol. The first-order chi connectivity index (χ1) is 8.10. The molecule has 17 heavy (non-hydrogen) atoms. The zero-order valence-corrected chi connectivity index (χ0v) is 9.54. The van der Waals surface area contributed by atoms with E-state index >= 15 is 0 Å². The van der Waals surface area contributed by atoms with Crippen molar-refractivity contribution in [2.45, 2.75) is 31.8 Å². The van der Waals surface area contributed by atoms with E-state index in [2.05, 4.69) is 4.74 Å². The normalized spacial score (nSPS) is 27.3. The van der Waals surface area contributed by atoms with E-state index in [1.807, 2.05) is 0 Å². The van der Waals surface area contributed by atoms with Gasteiger partial charge in [-0.2, -0.15) is 0 Å². The number of ether oxygens (including phenoxy) is 1. The average molecular weight is 246 g/mol. The van der Waals surface area contributed by atoms with Crippen molar-refractivity contribution in [1.29, 1.82) is 0 Å². The summed E-state index contributed by atoms with van der Waals surface area (Å²) in [5.74, 6) is -0.785. The summed E-state index contributed by atoms with van der Waals surface area (Å²) in [5, 5.41) is 24.0. The van der Waals surface area contributed by atoms with Crippen molar-refractivity contribution in [3.63, 3.8) is 0 Å². The van der Waals surface area contributed by atoms with Gasteiger partial charge >= 0.3 is 11.9 Å². The Bertz CT molecular complexity index is 251. The molecule has 0 aromatic rings. The van der Waals surface area contributed by atoms with Crippen LogP contribution >= 0.6 is 0 Å². The molecule has 6 heteroatoms. The third-order valence-electron chi connectivity index (χ3n) is 2.99. The van der Waals surface area contributed by atoms with Crippen LogP contribution in [0.5, 0.6) is 0 Å². The van der Waals surface area contributed by atoms with Crippen LogP contribution in [-0.2, 0) is 14.3 Å². The summed E-state index contributed by atoms with van der Waals surface area (Å²) in [7, 11) is 0. The number of fused-ring (bicyclic) bond motifs is 1. The molecule has 2 fully saturated rings. The molecule has 1 heterocycles. The number of aliphatic hydroxyl groups is 3. The minimum Gasteiger partial charge on any atom is -0.394 e. The monoisotopic (exact) mass is 246 g/mol. The molecule has 2 aliphatic rings. The standard InChI is InChI=1S/C8H10O3.C3H8O3/c9-7-5-3-1-2-4-6(5)8(10)11-7;4-1-3(6)2-5/h5-6H,1-4H2;3-6H,1-2H2. The lowest BCUT2D eigenvalue weighted by Crippen LogP contribution is -2.21. The summed E-state index contributed by atoms with van der Waals surface area (Å²) >= 11 is 0. The van der Waals surface area contributed by atoms with E-state index in [9.17, 15) is 9.59 Å². The Kier molecular flexibility index (Phi) is 5.54. The van der Waals surface area contributed by atoms with E-state index in [0.717, 1.165) is 25.7 Å². The maximum Gasteiger partial charge on any atom is 0.317 e. The number of esters is 2. The number of carbonyl (C=O) groups is 2. The molecule has 1 saturated heterocycles. The van der Waals surface area contributed by atoms with Gasteiger partial charge < -0.3 is 20.1 Å². The van der Waals surface area contributed by atoms with E-state index < -0.39 is 6.10 Å². The second-order valence-corrected chi connectivity index (χ2v) is 4.26. The third kappa shape index (κ3) is 3.76. The first-order valence-corrected chi connectivity index (χ1v) is 5.75. The Balaban J connectivity index is 0.000000209. The fraction of sp³-hybridized carbons (Fsp3) is 0.818. The molecular formula is C11H18O6. The van der Waals surface area contributed by atoms with Gasteiger partial charge in [-0.15, -0.1) is 0 Å². The van der Waals surface area contributed by atoms with Crippen molar-refractivity contribution in [3.8, 4) is 0 Å². The molecule has 0 spiro atoms. The first kappa shape index (κ1) is 14.1. The molecule has 0 aromatic heterocycles. The highest BCUT2D eigenvalue weighted by Crippen LogP contribution is 2.36. The summed E-state index contributed by atoms with van der Waals surface area (Å²) < 4.78 is 4.53. The number of cyclic esters (lactones) is 2. The molecule has 0 aromatic carbocycles. The highest BCUT2D eigenvalue weighted by atomic mass is 16.6. The highest BCUT2D eigenvalue weighted by Gasteiger charge is 2.44. The number of carbonyl (C=O) groups excluding carboxylic acids is 2. The van der Waals surface area contributed by atoms with Crippen LogP contribution in [-0.4, -0.2) is 46.6 Å². The lowest BCUT2D eigenvalue weighted by molar-refractivity contribution is -0.153. The summed E-state index contributed by atoms with van der Waals surface area (Å²) in [6.07, 6.45) is 2.85. The Morgan fingerprint density at radius 3 is 1.76 bits per heavy atom. The molecule has 98 valence electrons. The molecule has 1 aliphatic heterocycles. The van der Waals surface area contributed by atoms with Gasteiger partial charge in [-0.25, -0.2) is 0 Å². The highest BCUT2D eigenvalue weighted by molar-refractivity contribution is 5.96. The zero-order chi connectivity index (χ0) is 12.8. The second-order valence-electron chi connectivity index (χ2n) is 4.26. The minimum atomic E-state index is -0.954. The predicted octanol–water partition coefficient (Wildman–Crippen LogP) is -0.792. The van der Waals surface area contributed by atoms with Crippen molar-refractivity contribution in [3.05, 3.63) is 0 Å². The molecule has 3 N–H and O–H groups in total. The van der Waals surface area contributed by atoms with Gasteiger partial charge in [0.25, 0.3) is 0 Å². The van der Waals surface area contributed by atoms with Crippen molar-refractivity contribution in [2.24, 2.45) is 11.8 Å². The zero-order valence-electron chi connectivity index (χ0n) is 9.54. The molecule has 2 atom stereocenters. The van der Waals surface area contributed by atoms with E-state index in [-0.39, 0.29) is 37.0 Å². The number of rotatable bonds is 2. The fourth-order valence-corrected chi connectivity index (χ4v) is 2.00. The molecule has 2 unspecified atom stereocenters. The lowest BCUT2D eigenvalue weighted by Gasteiger charge is -2.18. The third-order valence-corrected chi connectivity index (χ3v) is 2.99. The van der Waals surface area contributed by atoms with Crippen LogP contribution in [0.15, 0.2) is 0 Å². The molecule has 0 bridgehead atoms. The lowest BCUT2D eigenvalue weighted by atomic mass is 9.81. The van der Waals surface area contributed by atoms with Gasteiger partial charge in [0, 0.05) is 0 Å². The summed E-state index contributed by atoms with van der Waals surface area (Å²) in [4.78, 5) is 22.0. The van der Waals surface area contributed by atoms with Crippen LogP contribution in [0.1, 0.15) is 25.7 Å². The van der Waals surface area contributed by atoms with E-state index in [1.54, 1.807) is 0 Å². The van der Waals surface area contributed by atoms with Crippen LogP contribution in [0.25, 0.3) is 0 Å². The van der Waals surface area contributed by atoms with Crippen molar-refractivity contribution < 1.29 is 29.6 Å². The smallest absolute Gasteiger partial charge is 0.317 e. The Morgan fingerprint density at radius 1 is 1.06 bits per heavy atom. The van der Waals surface area contributed by atoms with Gasteiger partial charge in [0.1, 0.15) is 6.10 Å². The minimum absolute atomic E-state index is 0.101. The Morgan fingerprint density at radius 2 is 1.47 bits per heavy atom. The average Bonchev–Trinajstić information content (AvgIpc) is 2.66. The van der Waals surface area contributed by atoms with Gasteiger partial charge in [0.05, 0.1) is 25.0 Å². The first-order valence-electron chi connectivity index (χ1n) is 5.75. The molecule has 0 radical (unpaired) electrons. The molecule has 2 rings (SSSR count). The summed E-state index contributed by atoms with van der Waals surface area (Å²) in [5.41, 5.74) is 0. The van der Waals surface area contributed by atoms with Crippen LogP contribution < -0.4 is 0 Å². The van der Waals surface area contributed by atoms with Crippen LogP contribution in [0, 0.1) is 11.8 Å². The van der Waals surface area contributed by atoms with Crippen molar-refractivity contribution in [1.82, 2.24) is 0 Å². The SMILES string of the molecule is O=C1OC(=O)C2CCCCC12.OCC(O)CO. The van der Waals surface area contributed by atoms with Crippen LogP contribution in [0.4, 0.5) is 0 Å². The number of aliphatic hydroxyl groups excluding tert-OH is 3. The molecule has 1 aliphatic carbocycles. The maximum absolute atomic E-state index is 11.0. The summed E-state index contributed by atoms with van der Waals surface area (Å²) in [6.45, 7) is -0.729. The van der Waals surface area contributed by atoms with Crippen LogP contribution in [0.3, 0.4) is 0 Å². The quantitative estimate of drug-likeness (QED) is 0.435. The molecule has 6 nitrogen and oxygen atoms in total. The molecule has 0 amide bonds. The van der Waals surface area contributed by atoms with Crippen LogP contribution in [0.2, 0.25) is 0 Å². The van der Waals surface area contributed by atoms with Gasteiger partial charge in [-0.1, -0.05) is 12.8 Å². The van der Waals surface area contributed by atoms with Gasteiger partial charge in [-0.05, 0) is 12.8 Å². The topological polar surface area (TPSA) is 104 Å². The fourth-order valence-electron chi connectivity index (χ4n) is 2.00. The molecular weight excluding hydrogens is 228 g/mol. The maximum atomic E-state index is 11.0. The second kappa shape index (κ2) is 6.68. The van der Waals surface area contributed by atoms with Gasteiger partial charge in [-0.3, -0.25) is 9.59 Å². The largest absolute Gasteiger partial charge is 0.394 e. The van der Waals surface area contributed by atoms with Crippen molar-refractivity contribution in [2.75, 3.05) is 13.2 Å². The number of hydrogen-bond acceptors (Lipinski definition) is 6. The van der Waals surface area contributed by atoms with E-state index in [0.29, 0.717) is 0 Å². The number of hydrogen-bond donors (Lipinski definition) is 3. The van der Waals surface area contributed by atoms with Gasteiger partial charge in [0.2, 0.25) is 0 Å². The Hall–Kier alpha value is -0.980. The van der Waals surface area contributed by atoms with Crippen molar-refractivity contribution >= 4 is 11.9 Å². The Labute approximate surface area is 99.2 Å². The van der Waals surface area contributed by atoms with E-state index in [1.165, 1.54) is 0 Å². The molecule has 1 saturated carbocycles. The van der Waals surface area contributed by atoms with Gasteiger partial charge in [0.15, 0.2) is 0 Å². The van der Waals surface area contributed by atoms with E-state index in [4.69, 9.17) is 15.3 Å².